The summed E-state index contributed by atoms with van der Waals surface area (Å²) in [6, 6.07) is 3.74. The van der Waals surface area contributed by atoms with Gasteiger partial charge in [-0.15, -0.1) is 11.3 Å². The Morgan fingerprint density at radius 3 is 2.86 bits per heavy atom. The Morgan fingerprint density at radius 1 is 1.43 bits per heavy atom. The summed E-state index contributed by atoms with van der Waals surface area (Å²) < 4.78 is 6.18. The molecule has 2 nitrogen and oxygen atoms in total. The molecule has 1 aromatic heterocycles. The van der Waals surface area contributed by atoms with Crippen LogP contribution in [0.15, 0.2) is 17.5 Å². The van der Waals surface area contributed by atoms with Crippen molar-refractivity contribution in [1.82, 2.24) is 0 Å². The maximum absolute atomic E-state index is 10.8. The van der Waals surface area contributed by atoms with Crippen LogP contribution >= 0.6 is 11.3 Å². The Morgan fingerprint density at radius 2 is 2.21 bits per heavy atom. The second-order valence-electron chi connectivity index (χ2n) is 3.13. The van der Waals surface area contributed by atoms with Gasteiger partial charge in [-0.1, -0.05) is 0 Å². The highest BCUT2D eigenvalue weighted by atomic mass is 32.1. The van der Waals surface area contributed by atoms with Crippen LogP contribution in [0.25, 0.3) is 10.1 Å². The number of ether oxygens (including phenoxy) is 1. The molecule has 72 valence electrons. The Hall–Kier alpha value is -1.35. The van der Waals surface area contributed by atoms with Gasteiger partial charge in [0.05, 0.1) is 7.11 Å². The Bertz CT molecular complexity index is 485. The molecule has 0 saturated carbocycles. The molecule has 0 fully saturated rings. The third-order valence-corrected chi connectivity index (χ3v) is 3.39. The van der Waals surface area contributed by atoms with Crippen LogP contribution in [0.5, 0.6) is 5.75 Å². The third kappa shape index (κ3) is 1.30. The molecule has 0 N–H and O–H groups in total. The Labute approximate surface area is 86.1 Å². The minimum Gasteiger partial charge on any atom is -0.497 e. The molecule has 2 rings (SSSR count). The minimum absolute atomic E-state index is 0.706. The predicted octanol–water partition coefficient (Wildman–Crippen LogP) is 3.03. The van der Waals surface area contributed by atoms with Gasteiger partial charge in [0.1, 0.15) is 5.75 Å². The summed E-state index contributed by atoms with van der Waals surface area (Å²) in [5, 5.41) is 3.16. The number of rotatable bonds is 2. The van der Waals surface area contributed by atoms with Gasteiger partial charge in [0.2, 0.25) is 0 Å². The van der Waals surface area contributed by atoms with Gasteiger partial charge in [-0.05, 0) is 35.4 Å². The van der Waals surface area contributed by atoms with Gasteiger partial charge < -0.3 is 4.74 Å². The molecule has 1 aromatic carbocycles. The van der Waals surface area contributed by atoms with Gasteiger partial charge in [-0.2, -0.15) is 0 Å². The maximum atomic E-state index is 10.8. The van der Waals surface area contributed by atoms with E-state index in [4.69, 9.17) is 4.74 Å². The lowest BCUT2D eigenvalue weighted by atomic mass is 10.1. The number of aryl methyl sites for hydroxylation is 1. The number of hydrogen-bond donors (Lipinski definition) is 0. The standard InChI is InChI=1S/C11H10O2S/c1-7-6-14-11-8(5-12)3-9(13-2)4-10(7)11/h3-6H,1-2H3. The van der Waals surface area contributed by atoms with Crippen LogP contribution in [-0.4, -0.2) is 13.4 Å². The molecule has 0 amide bonds. The van der Waals surface area contributed by atoms with E-state index < -0.39 is 0 Å². The highest BCUT2D eigenvalue weighted by Crippen LogP contribution is 2.31. The van der Waals surface area contributed by atoms with E-state index in [1.54, 1.807) is 24.5 Å². The van der Waals surface area contributed by atoms with E-state index in [0.29, 0.717) is 5.56 Å². The fourth-order valence-corrected chi connectivity index (χ4v) is 2.48. The molecule has 2 aromatic rings. The molecule has 3 heteroatoms. The van der Waals surface area contributed by atoms with Crippen LogP contribution < -0.4 is 4.74 Å². The van der Waals surface area contributed by atoms with Crippen LogP contribution in [0.4, 0.5) is 0 Å². The van der Waals surface area contributed by atoms with Crippen LogP contribution in [0.3, 0.4) is 0 Å². The predicted molar refractivity (Wildman–Crippen MR) is 58.5 cm³/mol. The molecule has 0 aliphatic heterocycles. The van der Waals surface area contributed by atoms with Crippen molar-refractivity contribution in [2.75, 3.05) is 7.11 Å². The van der Waals surface area contributed by atoms with Crippen molar-refractivity contribution >= 4 is 27.7 Å². The lowest BCUT2D eigenvalue weighted by Crippen LogP contribution is -1.86. The van der Waals surface area contributed by atoms with Crippen LogP contribution in [0.2, 0.25) is 0 Å². The van der Waals surface area contributed by atoms with Gasteiger partial charge in [-0.25, -0.2) is 0 Å². The summed E-state index contributed by atoms with van der Waals surface area (Å²) in [7, 11) is 1.61. The average molecular weight is 206 g/mol. The quantitative estimate of drug-likeness (QED) is 0.706. The Balaban J connectivity index is 2.82. The monoisotopic (exact) mass is 206 g/mol. The zero-order valence-corrected chi connectivity index (χ0v) is 8.85. The molecule has 0 bridgehead atoms. The zero-order chi connectivity index (χ0) is 10.1. The van der Waals surface area contributed by atoms with Crippen molar-refractivity contribution in [2.45, 2.75) is 6.92 Å². The average Bonchev–Trinajstić information content (AvgIpc) is 2.59. The fourth-order valence-electron chi connectivity index (χ4n) is 1.46. The van der Waals surface area contributed by atoms with Crippen molar-refractivity contribution in [1.29, 1.82) is 0 Å². The SMILES string of the molecule is COc1cc(C=O)c2scc(C)c2c1. The molecule has 0 atom stereocenters. The van der Waals surface area contributed by atoms with E-state index in [-0.39, 0.29) is 0 Å². The largest absolute Gasteiger partial charge is 0.497 e. The van der Waals surface area contributed by atoms with E-state index in [9.17, 15) is 4.79 Å². The maximum Gasteiger partial charge on any atom is 0.151 e. The number of benzene rings is 1. The first-order chi connectivity index (χ1) is 6.76. The molecular weight excluding hydrogens is 196 g/mol. The second kappa shape index (κ2) is 3.42. The summed E-state index contributed by atoms with van der Waals surface area (Å²) in [6.07, 6.45) is 0.876. The van der Waals surface area contributed by atoms with E-state index in [1.807, 2.05) is 13.0 Å². The van der Waals surface area contributed by atoms with Gasteiger partial charge in [0.25, 0.3) is 0 Å². The molecule has 0 aliphatic rings. The first kappa shape index (κ1) is 9.21. The number of thiophene rings is 1. The summed E-state index contributed by atoms with van der Waals surface area (Å²) in [5.41, 5.74) is 1.89. The lowest BCUT2D eigenvalue weighted by molar-refractivity contribution is 0.112. The number of carbonyl (C=O) groups is 1. The summed E-state index contributed by atoms with van der Waals surface area (Å²) in [4.78, 5) is 10.8. The Kier molecular flexibility index (Phi) is 2.25. The third-order valence-electron chi connectivity index (χ3n) is 2.23. The smallest absolute Gasteiger partial charge is 0.151 e. The highest BCUT2D eigenvalue weighted by Gasteiger charge is 2.07. The fraction of sp³-hybridized carbons (Fsp3) is 0.182. The molecule has 0 saturated heterocycles. The van der Waals surface area contributed by atoms with Crippen LogP contribution in [-0.2, 0) is 0 Å². The molecule has 1 heterocycles. The van der Waals surface area contributed by atoms with Crippen molar-refractivity contribution in [3.05, 3.63) is 28.6 Å². The van der Waals surface area contributed by atoms with E-state index in [1.165, 1.54) is 5.56 Å². The molecule has 14 heavy (non-hydrogen) atoms. The van der Waals surface area contributed by atoms with Crippen LogP contribution in [0, 0.1) is 6.92 Å². The summed E-state index contributed by atoms with van der Waals surface area (Å²) in [6.45, 7) is 2.03. The first-order valence-corrected chi connectivity index (χ1v) is 5.15. The van der Waals surface area contributed by atoms with Crippen molar-refractivity contribution in [2.24, 2.45) is 0 Å². The highest BCUT2D eigenvalue weighted by molar-refractivity contribution is 7.17. The topological polar surface area (TPSA) is 26.3 Å². The van der Waals surface area contributed by atoms with Crippen molar-refractivity contribution < 1.29 is 9.53 Å². The number of fused-ring (bicyclic) bond motifs is 1. The van der Waals surface area contributed by atoms with E-state index >= 15 is 0 Å². The van der Waals surface area contributed by atoms with E-state index in [2.05, 4.69) is 5.38 Å². The lowest BCUT2D eigenvalue weighted by Gasteiger charge is -2.02. The van der Waals surface area contributed by atoms with Crippen molar-refractivity contribution in [3.8, 4) is 5.75 Å². The molecule has 0 spiro atoms. The summed E-state index contributed by atoms with van der Waals surface area (Å²) >= 11 is 1.60. The number of hydrogen-bond acceptors (Lipinski definition) is 3. The van der Waals surface area contributed by atoms with Gasteiger partial charge in [-0.3, -0.25) is 4.79 Å². The zero-order valence-electron chi connectivity index (χ0n) is 8.03. The first-order valence-electron chi connectivity index (χ1n) is 4.27. The van der Waals surface area contributed by atoms with Gasteiger partial charge in [0.15, 0.2) is 6.29 Å². The number of methoxy groups -OCH3 is 1. The molecule has 0 radical (unpaired) electrons. The van der Waals surface area contributed by atoms with Gasteiger partial charge >= 0.3 is 0 Å². The van der Waals surface area contributed by atoms with Crippen LogP contribution in [0.1, 0.15) is 15.9 Å². The molecular formula is C11H10O2S. The summed E-state index contributed by atoms with van der Waals surface area (Å²) in [5.74, 6) is 0.737. The molecule has 0 aliphatic carbocycles. The number of aldehydes is 1. The van der Waals surface area contributed by atoms with Crippen molar-refractivity contribution in [3.63, 3.8) is 0 Å². The van der Waals surface area contributed by atoms with E-state index in [0.717, 1.165) is 22.1 Å². The second-order valence-corrected chi connectivity index (χ2v) is 4.01. The van der Waals surface area contributed by atoms with Gasteiger partial charge in [0, 0.05) is 10.3 Å². The molecule has 0 unspecified atom stereocenters. The number of carbonyl (C=O) groups excluding carboxylic acids is 1. The normalized spacial score (nSPS) is 10.4. The minimum atomic E-state index is 0.706.